The summed E-state index contributed by atoms with van der Waals surface area (Å²) in [5.74, 6) is -1.11. The van der Waals surface area contributed by atoms with Gasteiger partial charge in [0.2, 0.25) is 5.91 Å². The van der Waals surface area contributed by atoms with Gasteiger partial charge in [0.25, 0.3) is 0 Å². The average Bonchev–Trinajstić information content (AvgIpc) is 2.47. The first-order valence-electron chi connectivity index (χ1n) is 7.26. The molecular formula is C16H21NO4. The van der Waals surface area contributed by atoms with Gasteiger partial charge in [-0.1, -0.05) is 12.1 Å². The molecule has 2 N–H and O–H groups in total. The maximum atomic E-state index is 12.0. The molecule has 1 fully saturated rings. The first-order chi connectivity index (χ1) is 10.1. The van der Waals surface area contributed by atoms with Gasteiger partial charge in [-0.25, -0.2) is 0 Å². The van der Waals surface area contributed by atoms with E-state index in [4.69, 9.17) is 9.84 Å². The van der Waals surface area contributed by atoms with Gasteiger partial charge in [-0.3, -0.25) is 9.59 Å². The molecule has 1 unspecified atom stereocenters. The van der Waals surface area contributed by atoms with Gasteiger partial charge in [-0.15, -0.1) is 0 Å². The van der Waals surface area contributed by atoms with E-state index in [2.05, 4.69) is 5.32 Å². The standard InChI is InChI=1S/C16H21NO4/c1-11(16(19)20)13-3-2-4-14(10-13)17-15(18)9-12-5-7-21-8-6-12/h2-4,10-12H,5-9H2,1H3,(H,17,18)(H,19,20). The van der Waals surface area contributed by atoms with Crippen LogP contribution in [0.15, 0.2) is 24.3 Å². The average molecular weight is 291 g/mol. The zero-order valence-corrected chi connectivity index (χ0v) is 12.2. The predicted molar refractivity (Wildman–Crippen MR) is 79.3 cm³/mol. The lowest BCUT2D eigenvalue weighted by molar-refractivity contribution is -0.138. The Balaban J connectivity index is 1.94. The number of aliphatic carboxylic acids is 1. The van der Waals surface area contributed by atoms with Gasteiger partial charge in [0.05, 0.1) is 5.92 Å². The molecule has 1 atom stereocenters. The number of carbonyl (C=O) groups excluding carboxylic acids is 1. The van der Waals surface area contributed by atoms with E-state index in [0.717, 1.165) is 26.1 Å². The van der Waals surface area contributed by atoms with Crippen molar-refractivity contribution >= 4 is 17.6 Å². The molecule has 1 heterocycles. The number of carboxylic acids is 1. The molecule has 1 aliphatic rings. The number of hydrogen-bond acceptors (Lipinski definition) is 3. The summed E-state index contributed by atoms with van der Waals surface area (Å²) in [6, 6.07) is 7.02. The van der Waals surface area contributed by atoms with Crippen LogP contribution >= 0.6 is 0 Å². The van der Waals surface area contributed by atoms with Gasteiger partial charge < -0.3 is 15.2 Å². The Morgan fingerprint density at radius 3 is 2.76 bits per heavy atom. The second-order valence-corrected chi connectivity index (χ2v) is 5.49. The third-order valence-electron chi connectivity index (χ3n) is 3.86. The van der Waals surface area contributed by atoms with Crippen LogP contribution < -0.4 is 5.32 Å². The third-order valence-corrected chi connectivity index (χ3v) is 3.86. The summed E-state index contributed by atoms with van der Waals surface area (Å²) >= 11 is 0. The van der Waals surface area contributed by atoms with Crippen molar-refractivity contribution in [3.8, 4) is 0 Å². The Hall–Kier alpha value is -1.88. The molecule has 0 radical (unpaired) electrons. The summed E-state index contributed by atoms with van der Waals surface area (Å²) in [4.78, 5) is 23.0. The highest BCUT2D eigenvalue weighted by Gasteiger charge is 2.18. The molecule has 0 bridgehead atoms. The lowest BCUT2D eigenvalue weighted by Crippen LogP contribution is -2.22. The number of nitrogens with one attached hydrogen (secondary N) is 1. The van der Waals surface area contributed by atoms with Crippen LogP contribution in [0.5, 0.6) is 0 Å². The molecule has 0 saturated carbocycles. The zero-order valence-electron chi connectivity index (χ0n) is 12.2. The highest BCUT2D eigenvalue weighted by Crippen LogP contribution is 2.22. The Kier molecular flexibility index (Phi) is 5.33. The van der Waals surface area contributed by atoms with E-state index >= 15 is 0 Å². The monoisotopic (exact) mass is 291 g/mol. The first-order valence-corrected chi connectivity index (χ1v) is 7.26. The van der Waals surface area contributed by atoms with Crippen molar-refractivity contribution in [2.45, 2.75) is 32.1 Å². The fourth-order valence-electron chi connectivity index (χ4n) is 2.45. The van der Waals surface area contributed by atoms with Crippen LogP contribution in [0.3, 0.4) is 0 Å². The van der Waals surface area contributed by atoms with Crippen LogP contribution in [-0.2, 0) is 14.3 Å². The van der Waals surface area contributed by atoms with Crippen LogP contribution in [0.1, 0.15) is 37.7 Å². The van der Waals surface area contributed by atoms with Crippen LogP contribution in [0.25, 0.3) is 0 Å². The molecule has 1 amide bonds. The lowest BCUT2D eigenvalue weighted by Gasteiger charge is -2.21. The third kappa shape index (κ3) is 4.56. The highest BCUT2D eigenvalue weighted by atomic mass is 16.5. The van der Waals surface area contributed by atoms with Crippen LogP contribution in [0.4, 0.5) is 5.69 Å². The van der Waals surface area contributed by atoms with Gasteiger partial charge in [-0.05, 0) is 43.4 Å². The van der Waals surface area contributed by atoms with E-state index in [1.165, 1.54) is 0 Å². The van der Waals surface area contributed by atoms with Gasteiger partial charge >= 0.3 is 5.97 Å². The normalized spacial score (nSPS) is 17.2. The zero-order chi connectivity index (χ0) is 15.2. The van der Waals surface area contributed by atoms with E-state index in [0.29, 0.717) is 23.6 Å². The molecule has 5 nitrogen and oxygen atoms in total. The van der Waals surface area contributed by atoms with E-state index in [1.807, 2.05) is 0 Å². The fourth-order valence-corrected chi connectivity index (χ4v) is 2.45. The summed E-state index contributed by atoms with van der Waals surface area (Å²) in [5.41, 5.74) is 1.34. The number of amides is 1. The smallest absolute Gasteiger partial charge is 0.310 e. The van der Waals surface area contributed by atoms with Crippen molar-refractivity contribution in [2.24, 2.45) is 5.92 Å². The number of ether oxygens (including phenoxy) is 1. The minimum atomic E-state index is -0.874. The quantitative estimate of drug-likeness (QED) is 0.874. The molecule has 2 rings (SSSR count). The summed E-state index contributed by atoms with van der Waals surface area (Å²) < 4.78 is 5.28. The van der Waals surface area contributed by atoms with Crippen LogP contribution in [-0.4, -0.2) is 30.2 Å². The Morgan fingerprint density at radius 1 is 1.38 bits per heavy atom. The highest BCUT2D eigenvalue weighted by molar-refractivity contribution is 5.91. The molecule has 0 aliphatic carbocycles. The molecule has 21 heavy (non-hydrogen) atoms. The second kappa shape index (κ2) is 7.22. The Morgan fingerprint density at radius 2 is 2.10 bits per heavy atom. The van der Waals surface area contributed by atoms with Crippen LogP contribution in [0.2, 0.25) is 0 Å². The number of carboxylic acid groups (broad SMARTS) is 1. The first kappa shape index (κ1) is 15.5. The van der Waals surface area contributed by atoms with Gasteiger partial charge in [0.1, 0.15) is 0 Å². The maximum absolute atomic E-state index is 12.0. The van der Waals surface area contributed by atoms with Crippen LogP contribution in [0, 0.1) is 5.92 Å². The molecular weight excluding hydrogens is 270 g/mol. The van der Waals surface area contributed by atoms with Crippen molar-refractivity contribution in [1.29, 1.82) is 0 Å². The molecule has 5 heteroatoms. The molecule has 1 aliphatic heterocycles. The van der Waals surface area contributed by atoms with E-state index in [9.17, 15) is 9.59 Å². The number of benzene rings is 1. The summed E-state index contributed by atoms with van der Waals surface area (Å²) in [7, 11) is 0. The van der Waals surface area contributed by atoms with Gasteiger partial charge in [-0.2, -0.15) is 0 Å². The predicted octanol–water partition coefficient (Wildman–Crippen LogP) is 2.63. The summed E-state index contributed by atoms with van der Waals surface area (Å²) in [6.45, 7) is 3.08. The molecule has 1 aromatic carbocycles. The SMILES string of the molecule is CC(C(=O)O)c1cccc(NC(=O)CC2CCOCC2)c1. The topological polar surface area (TPSA) is 75.6 Å². The molecule has 0 spiro atoms. The van der Waals surface area contributed by atoms with Gasteiger partial charge in [0, 0.05) is 25.3 Å². The largest absolute Gasteiger partial charge is 0.481 e. The minimum absolute atomic E-state index is 0.0259. The lowest BCUT2D eigenvalue weighted by atomic mass is 9.96. The molecule has 1 saturated heterocycles. The summed E-state index contributed by atoms with van der Waals surface area (Å²) in [6.07, 6.45) is 2.33. The number of carbonyl (C=O) groups is 2. The van der Waals surface area contributed by atoms with E-state index < -0.39 is 11.9 Å². The molecule has 114 valence electrons. The van der Waals surface area contributed by atoms with Crippen molar-refractivity contribution in [1.82, 2.24) is 0 Å². The van der Waals surface area contributed by atoms with Gasteiger partial charge in [0.15, 0.2) is 0 Å². The van der Waals surface area contributed by atoms with Crippen molar-refractivity contribution < 1.29 is 19.4 Å². The number of hydrogen-bond donors (Lipinski definition) is 2. The second-order valence-electron chi connectivity index (χ2n) is 5.49. The van der Waals surface area contributed by atoms with Crippen molar-refractivity contribution in [3.05, 3.63) is 29.8 Å². The van der Waals surface area contributed by atoms with Crippen molar-refractivity contribution in [3.63, 3.8) is 0 Å². The molecule has 1 aromatic rings. The fraction of sp³-hybridized carbons (Fsp3) is 0.500. The van der Waals surface area contributed by atoms with E-state index in [-0.39, 0.29) is 5.91 Å². The minimum Gasteiger partial charge on any atom is -0.481 e. The van der Waals surface area contributed by atoms with Crippen molar-refractivity contribution in [2.75, 3.05) is 18.5 Å². The Bertz CT molecular complexity index is 509. The number of anilines is 1. The number of rotatable bonds is 5. The summed E-state index contributed by atoms with van der Waals surface area (Å²) in [5, 5.41) is 11.9. The van der Waals surface area contributed by atoms with E-state index in [1.54, 1.807) is 31.2 Å². The molecule has 0 aromatic heterocycles. The maximum Gasteiger partial charge on any atom is 0.310 e. The Labute approximate surface area is 124 Å².